The van der Waals surface area contributed by atoms with E-state index in [0.717, 1.165) is 30.8 Å². The minimum absolute atomic E-state index is 0.0960. The first kappa shape index (κ1) is 19.5. The van der Waals surface area contributed by atoms with Gasteiger partial charge in [-0.15, -0.1) is 0 Å². The lowest BCUT2D eigenvalue weighted by Crippen LogP contribution is -2.43. The lowest BCUT2D eigenvalue weighted by atomic mass is 9.89. The number of anilines is 2. The number of likely N-dealkylation sites (N-methyl/N-ethyl adjacent to an activating group) is 1. The zero-order valence-electron chi connectivity index (χ0n) is 17.7. The maximum absolute atomic E-state index is 12.4. The van der Waals surface area contributed by atoms with E-state index in [4.69, 9.17) is 0 Å². The quantitative estimate of drug-likeness (QED) is 0.815. The number of carbonyl (C=O) groups is 1. The van der Waals surface area contributed by atoms with E-state index >= 15 is 0 Å². The summed E-state index contributed by atoms with van der Waals surface area (Å²) in [6.07, 6.45) is 3.97. The number of benzene rings is 2. The number of nitrogens with zero attached hydrogens (tertiary/aromatic N) is 2. The van der Waals surface area contributed by atoms with Crippen LogP contribution in [0.1, 0.15) is 49.9 Å². The summed E-state index contributed by atoms with van der Waals surface area (Å²) in [6.45, 7) is 6.82. The van der Waals surface area contributed by atoms with Gasteiger partial charge in [-0.25, -0.2) is 5.01 Å². The fraction of sp³-hybridized carbons (Fsp3) is 0.375. The summed E-state index contributed by atoms with van der Waals surface area (Å²) in [7, 11) is 2.03. The van der Waals surface area contributed by atoms with Crippen LogP contribution in [0.5, 0.6) is 0 Å². The highest BCUT2D eigenvalue weighted by Gasteiger charge is 2.33. The third-order valence-corrected chi connectivity index (χ3v) is 5.96. The summed E-state index contributed by atoms with van der Waals surface area (Å²) in [5, 5.41) is 5.78. The van der Waals surface area contributed by atoms with Crippen molar-refractivity contribution in [1.29, 1.82) is 0 Å². The molecule has 0 radical (unpaired) electrons. The number of hydrogen-bond acceptors (Lipinski definition) is 4. The Morgan fingerprint density at radius 2 is 1.97 bits per heavy atom. The highest BCUT2D eigenvalue weighted by molar-refractivity contribution is 5.94. The van der Waals surface area contributed by atoms with Crippen molar-refractivity contribution in [1.82, 2.24) is 10.4 Å². The Hall–Kier alpha value is -2.79. The van der Waals surface area contributed by atoms with Crippen LogP contribution in [0, 0.1) is 0 Å². The molecule has 4 rings (SSSR count). The fourth-order valence-corrected chi connectivity index (χ4v) is 4.43. The third kappa shape index (κ3) is 3.87. The second-order valence-electron chi connectivity index (χ2n) is 8.15. The SMILES string of the molecule is CCc1ccc(NC2CC(C)N(C(C)=O)c3ccc(C4=CNN(C)C4)cc32)cc1. The molecule has 5 heteroatoms. The molecule has 5 nitrogen and oxygen atoms in total. The smallest absolute Gasteiger partial charge is 0.224 e. The molecule has 29 heavy (non-hydrogen) atoms. The summed E-state index contributed by atoms with van der Waals surface area (Å²) < 4.78 is 0. The van der Waals surface area contributed by atoms with E-state index in [9.17, 15) is 4.79 Å². The van der Waals surface area contributed by atoms with Crippen LogP contribution in [0.3, 0.4) is 0 Å². The summed E-state index contributed by atoms with van der Waals surface area (Å²) in [5.41, 5.74) is 10.4. The molecule has 1 amide bonds. The van der Waals surface area contributed by atoms with Crippen molar-refractivity contribution in [3.63, 3.8) is 0 Å². The molecule has 2 aromatic carbocycles. The third-order valence-electron chi connectivity index (χ3n) is 5.96. The first-order chi connectivity index (χ1) is 14.0. The molecule has 2 unspecified atom stereocenters. The number of nitrogens with one attached hydrogen (secondary N) is 2. The minimum atomic E-state index is 0.0960. The summed E-state index contributed by atoms with van der Waals surface area (Å²) in [4.78, 5) is 14.3. The maximum atomic E-state index is 12.4. The lowest BCUT2D eigenvalue weighted by Gasteiger charge is -2.40. The van der Waals surface area contributed by atoms with Gasteiger partial charge in [-0.05, 0) is 66.3 Å². The van der Waals surface area contributed by atoms with Crippen LogP contribution in [0.15, 0.2) is 48.7 Å². The van der Waals surface area contributed by atoms with Crippen molar-refractivity contribution in [3.8, 4) is 0 Å². The molecule has 2 aliphatic rings. The zero-order chi connectivity index (χ0) is 20.5. The highest BCUT2D eigenvalue weighted by Crippen LogP contribution is 2.40. The molecule has 0 aromatic heterocycles. The summed E-state index contributed by atoms with van der Waals surface area (Å²) in [5.74, 6) is 0.0960. The molecule has 0 spiro atoms. The van der Waals surface area contributed by atoms with E-state index in [1.165, 1.54) is 22.3 Å². The average Bonchev–Trinajstić information content (AvgIpc) is 3.14. The monoisotopic (exact) mass is 390 g/mol. The first-order valence-corrected chi connectivity index (χ1v) is 10.4. The highest BCUT2D eigenvalue weighted by atomic mass is 16.2. The predicted molar refractivity (Wildman–Crippen MR) is 120 cm³/mol. The van der Waals surface area contributed by atoms with Crippen LogP contribution in [0.2, 0.25) is 0 Å². The molecular formula is C24H30N4O. The zero-order valence-corrected chi connectivity index (χ0v) is 17.7. The van der Waals surface area contributed by atoms with Crippen molar-refractivity contribution in [3.05, 3.63) is 65.4 Å². The number of hydrazine groups is 1. The molecule has 0 saturated carbocycles. The molecule has 2 aliphatic heterocycles. The molecular weight excluding hydrogens is 360 g/mol. The normalized spacial score (nSPS) is 21.4. The van der Waals surface area contributed by atoms with Crippen LogP contribution in [-0.4, -0.2) is 30.6 Å². The van der Waals surface area contributed by atoms with Gasteiger partial charge in [-0.1, -0.05) is 25.1 Å². The molecule has 0 fully saturated rings. The van der Waals surface area contributed by atoms with Gasteiger partial charge in [0.15, 0.2) is 0 Å². The van der Waals surface area contributed by atoms with E-state index in [1.54, 1.807) is 6.92 Å². The number of rotatable bonds is 4. The van der Waals surface area contributed by atoms with Gasteiger partial charge >= 0.3 is 0 Å². The van der Waals surface area contributed by atoms with Gasteiger partial charge in [0.1, 0.15) is 0 Å². The Labute approximate surface area is 173 Å². The number of amides is 1. The van der Waals surface area contributed by atoms with Gasteiger partial charge < -0.3 is 15.6 Å². The van der Waals surface area contributed by atoms with Gasteiger partial charge in [-0.2, -0.15) is 0 Å². The van der Waals surface area contributed by atoms with Crippen molar-refractivity contribution in [2.24, 2.45) is 0 Å². The van der Waals surface area contributed by atoms with E-state index in [2.05, 4.69) is 78.3 Å². The molecule has 2 aromatic rings. The molecule has 0 bridgehead atoms. The topological polar surface area (TPSA) is 47.6 Å². The lowest BCUT2D eigenvalue weighted by molar-refractivity contribution is -0.117. The summed E-state index contributed by atoms with van der Waals surface area (Å²) in [6, 6.07) is 15.5. The number of carbonyl (C=O) groups excluding carboxylic acids is 1. The second-order valence-corrected chi connectivity index (χ2v) is 8.15. The Balaban J connectivity index is 1.70. The minimum Gasteiger partial charge on any atom is -0.378 e. The van der Waals surface area contributed by atoms with Crippen molar-refractivity contribution in [2.45, 2.75) is 45.7 Å². The largest absolute Gasteiger partial charge is 0.378 e. The van der Waals surface area contributed by atoms with Crippen LogP contribution >= 0.6 is 0 Å². The van der Waals surface area contributed by atoms with E-state index in [-0.39, 0.29) is 18.0 Å². The van der Waals surface area contributed by atoms with E-state index in [0.29, 0.717) is 0 Å². The average molecular weight is 391 g/mol. The van der Waals surface area contributed by atoms with Crippen LogP contribution in [0.4, 0.5) is 11.4 Å². The first-order valence-electron chi connectivity index (χ1n) is 10.4. The molecule has 2 N–H and O–H groups in total. The van der Waals surface area contributed by atoms with Gasteiger partial charge in [0, 0.05) is 44.1 Å². The van der Waals surface area contributed by atoms with Crippen LogP contribution in [0.25, 0.3) is 5.57 Å². The van der Waals surface area contributed by atoms with Crippen LogP contribution in [-0.2, 0) is 11.2 Å². The fourth-order valence-electron chi connectivity index (χ4n) is 4.43. The predicted octanol–water partition coefficient (Wildman–Crippen LogP) is 4.34. The number of aryl methyl sites for hydroxylation is 1. The van der Waals surface area contributed by atoms with Crippen molar-refractivity contribution in [2.75, 3.05) is 23.8 Å². The Morgan fingerprint density at radius 1 is 1.21 bits per heavy atom. The van der Waals surface area contributed by atoms with Crippen LogP contribution < -0.4 is 15.6 Å². The summed E-state index contributed by atoms with van der Waals surface area (Å²) >= 11 is 0. The van der Waals surface area contributed by atoms with Gasteiger partial charge in [0.05, 0.1) is 6.04 Å². The molecule has 2 atom stereocenters. The Kier molecular flexibility index (Phi) is 5.33. The van der Waals surface area contributed by atoms with Gasteiger partial charge in [0.25, 0.3) is 0 Å². The van der Waals surface area contributed by atoms with Crippen molar-refractivity contribution < 1.29 is 4.79 Å². The molecule has 0 aliphatic carbocycles. The molecule has 0 saturated heterocycles. The Morgan fingerprint density at radius 3 is 2.59 bits per heavy atom. The van der Waals surface area contributed by atoms with Gasteiger partial charge in [-0.3, -0.25) is 4.79 Å². The number of fused-ring (bicyclic) bond motifs is 1. The molecule has 152 valence electrons. The Bertz CT molecular complexity index is 934. The van der Waals surface area contributed by atoms with Gasteiger partial charge in [0.2, 0.25) is 5.91 Å². The molecule has 2 heterocycles. The number of hydrogen-bond donors (Lipinski definition) is 2. The second kappa shape index (κ2) is 7.91. The standard InChI is InChI=1S/C24H30N4O/c1-5-18-6-9-21(10-7-18)26-23-12-16(2)28(17(3)29)24-11-8-19(13-22(23)24)20-14-25-27(4)15-20/h6-11,13-14,16,23,25-26H,5,12,15H2,1-4H3. The van der Waals surface area contributed by atoms with E-state index in [1.807, 2.05) is 11.9 Å². The van der Waals surface area contributed by atoms with E-state index < -0.39 is 0 Å². The van der Waals surface area contributed by atoms with Crippen molar-refractivity contribution >= 4 is 22.9 Å². The maximum Gasteiger partial charge on any atom is 0.224 e.